The fourth-order valence-electron chi connectivity index (χ4n) is 1.54. The lowest BCUT2D eigenvalue weighted by molar-refractivity contribution is -0.143. The van der Waals surface area contributed by atoms with E-state index in [0.29, 0.717) is 3.57 Å². The van der Waals surface area contributed by atoms with Gasteiger partial charge < -0.3 is 14.8 Å². The molecule has 0 aliphatic rings. The molecular formula is C14H17FINO4. The van der Waals surface area contributed by atoms with E-state index in [1.54, 1.807) is 26.8 Å². The van der Waals surface area contributed by atoms with Gasteiger partial charge in [0.1, 0.15) is 11.4 Å². The van der Waals surface area contributed by atoms with Gasteiger partial charge in [-0.05, 0) is 55.5 Å². The Bertz CT molecular complexity index is 542. The van der Waals surface area contributed by atoms with Crippen molar-refractivity contribution in [3.05, 3.63) is 33.1 Å². The zero-order chi connectivity index (χ0) is 16.2. The summed E-state index contributed by atoms with van der Waals surface area (Å²) in [5, 5.41) is 2.32. The summed E-state index contributed by atoms with van der Waals surface area (Å²) in [5.74, 6) is -1.38. The lowest BCUT2D eigenvalue weighted by atomic mass is 10.1. The molecule has 1 amide bonds. The Hall–Kier alpha value is -1.38. The second-order valence-corrected chi connectivity index (χ2v) is 6.51. The predicted octanol–water partition coefficient (Wildman–Crippen LogP) is 3.17. The third-order valence-electron chi connectivity index (χ3n) is 2.37. The summed E-state index contributed by atoms with van der Waals surface area (Å²) in [6, 6.07) is 3.06. The van der Waals surface area contributed by atoms with Crippen LogP contribution in [0, 0.1) is 9.39 Å². The number of nitrogens with one attached hydrogen (secondary N) is 1. The third-order valence-corrected chi connectivity index (χ3v) is 3.04. The first kappa shape index (κ1) is 17.7. The lowest BCUT2D eigenvalue weighted by Gasteiger charge is -2.23. The number of carbonyl (C=O) groups excluding carboxylic acids is 2. The molecule has 1 aromatic carbocycles. The molecule has 0 saturated heterocycles. The highest BCUT2D eigenvalue weighted by Crippen LogP contribution is 2.21. The number of hydrogen-bond donors (Lipinski definition) is 1. The Morgan fingerprint density at radius 1 is 1.33 bits per heavy atom. The number of esters is 1. The highest BCUT2D eigenvalue weighted by atomic mass is 127. The fraction of sp³-hybridized carbons (Fsp3) is 0.429. The maximum atomic E-state index is 14.0. The summed E-state index contributed by atoms with van der Waals surface area (Å²) in [5.41, 5.74) is -0.705. The Morgan fingerprint density at radius 3 is 2.43 bits per heavy atom. The topological polar surface area (TPSA) is 64.6 Å². The quantitative estimate of drug-likeness (QED) is 0.616. The molecule has 1 N–H and O–H groups in total. The first-order chi connectivity index (χ1) is 9.64. The molecule has 0 bridgehead atoms. The van der Waals surface area contributed by atoms with Gasteiger partial charge in [-0.2, -0.15) is 0 Å². The van der Waals surface area contributed by atoms with Gasteiger partial charge in [0, 0.05) is 9.13 Å². The van der Waals surface area contributed by atoms with E-state index in [0.717, 1.165) is 7.11 Å². The fourth-order valence-corrected chi connectivity index (χ4v) is 2.00. The summed E-state index contributed by atoms with van der Waals surface area (Å²) in [6.45, 7) is 5.06. The van der Waals surface area contributed by atoms with E-state index in [9.17, 15) is 14.0 Å². The molecule has 116 valence electrons. The molecule has 0 saturated carbocycles. The van der Waals surface area contributed by atoms with Gasteiger partial charge in [-0.15, -0.1) is 0 Å². The van der Waals surface area contributed by atoms with Crippen molar-refractivity contribution >= 4 is 34.7 Å². The minimum atomic E-state index is -1.26. The van der Waals surface area contributed by atoms with Crippen LogP contribution in [0.1, 0.15) is 32.4 Å². The number of rotatable bonds is 3. The molecule has 0 aliphatic heterocycles. The SMILES string of the molecule is COC(=O)C(NC(=O)OC(C)(C)C)c1ccc(I)cc1F. The summed E-state index contributed by atoms with van der Waals surface area (Å²) < 4.78 is 24.3. The van der Waals surface area contributed by atoms with E-state index < -0.39 is 29.5 Å². The average molecular weight is 409 g/mol. The number of amides is 1. The molecule has 1 rings (SSSR count). The van der Waals surface area contributed by atoms with Crippen molar-refractivity contribution in [1.82, 2.24) is 5.32 Å². The molecule has 0 heterocycles. The van der Waals surface area contributed by atoms with Crippen LogP contribution in [0.3, 0.4) is 0 Å². The maximum Gasteiger partial charge on any atom is 0.408 e. The molecule has 7 heteroatoms. The average Bonchev–Trinajstić information content (AvgIpc) is 2.33. The van der Waals surface area contributed by atoms with Crippen LogP contribution in [-0.4, -0.2) is 24.8 Å². The van der Waals surface area contributed by atoms with Crippen LogP contribution >= 0.6 is 22.6 Å². The molecular weight excluding hydrogens is 392 g/mol. The van der Waals surface area contributed by atoms with Gasteiger partial charge in [0.25, 0.3) is 0 Å². The van der Waals surface area contributed by atoms with Gasteiger partial charge in [-0.1, -0.05) is 6.07 Å². The minimum absolute atomic E-state index is 0.0214. The van der Waals surface area contributed by atoms with Gasteiger partial charge in [-0.3, -0.25) is 0 Å². The van der Waals surface area contributed by atoms with Gasteiger partial charge in [0.15, 0.2) is 6.04 Å². The van der Waals surface area contributed by atoms with Crippen LogP contribution in [0.15, 0.2) is 18.2 Å². The zero-order valence-corrected chi connectivity index (χ0v) is 14.4. The Labute approximate surface area is 136 Å². The van der Waals surface area contributed by atoms with Crippen molar-refractivity contribution in [2.45, 2.75) is 32.4 Å². The van der Waals surface area contributed by atoms with Gasteiger partial charge in [-0.25, -0.2) is 14.0 Å². The van der Waals surface area contributed by atoms with Crippen molar-refractivity contribution < 1.29 is 23.5 Å². The predicted molar refractivity (Wildman–Crippen MR) is 83.2 cm³/mol. The monoisotopic (exact) mass is 409 g/mol. The van der Waals surface area contributed by atoms with E-state index in [-0.39, 0.29) is 5.56 Å². The van der Waals surface area contributed by atoms with Gasteiger partial charge >= 0.3 is 12.1 Å². The number of alkyl carbamates (subject to hydrolysis) is 1. The van der Waals surface area contributed by atoms with Crippen LogP contribution in [-0.2, 0) is 14.3 Å². The van der Waals surface area contributed by atoms with Crippen LogP contribution in [0.2, 0.25) is 0 Å². The molecule has 0 spiro atoms. The van der Waals surface area contributed by atoms with E-state index in [1.165, 1.54) is 12.1 Å². The number of methoxy groups -OCH3 is 1. The second-order valence-electron chi connectivity index (χ2n) is 5.27. The normalized spacial score (nSPS) is 12.5. The molecule has 0 aromatic heterocycles. The lowest BCUT2D eigenvalue weighted by Crippen LogP contribution is -2.38. The molecule has 0 aliphatic carbocycles. The largest absolute Gasteiger partial charge is 0.467 e. The first-order valence-electron chi connectivity index (χ1n) is 6.16. The highest BCUT2D eigenvalue weighted by Gasteiger charge is 2.28. The molecule has 0 radical (unpaired) electrons. The van der Waals surface area contributed by atoms with Crippen molar-refractivity contribution in [2.75, 3.05) is 7.11 Å². The smallest absolute Gasteiger partial charge is 0.408 e. The van der Waals surface area contributed by atoms with Crippen LogP contribution in [0.5, 0.6) is 0 Å². The number of ether oxygens (including phenoxy) is 2. The molecule has 1 unspecified atom stereocenters. The molecule has 0 fully saturated rings. The molecule has 21 heavy (non-hydrogen) atoms. The maximum absolute atomic E-state index is 14.0. The standard InChI is InChI=1S/C14H17FINO4/c1-14(2,3)21-13(19)17-11(12(18)20-4)9-6-5-8(16)7-10(9)15/h5-7,11H,1-4H3,(H,17,19). The van der Waals surface area contributed by atoms with E-state index >= 15 is 0 Å². The van der Waals surface area contributed by atoms with Gasteiger partial charge in [0.05, 0.1) is 7.11 Å². The summed E-state index contributed by atoms with van der Waals surface area (Å²) in [6.07, 6.45) is -0.823. The van der Waals surface area contributed by atoms with Gasteiger partial charge in [0.2, 0.25) is 0 Å². The van der Waals surface area contributed by atoms with E-state index in [2.05, 4.69) is 10.1 Å². The summed E-state index contributed by atoms with van der Waals surface area (Å²) >= 11 is 1.95. The zero-order valence-electron chi connectivity index (χ0n) is 12.2. The Balaban J connectivity index is 3.01. The second kappa shape index (κ2) is 7.06. The number of benzene rings is 1. The van der Waals surface area contributed by atoms with Crippen LogP contribution in [0.25, 0.3) is 0 Å². The summed E-state index contributed by atoms with van der Waals surface area (Å²) in [4.78, 5) is 23.6. The Kier molecular flexibility index (Phi) is 5.94. The third kappa shape index (κ3) is 5.49. The Morgan fingerprint density at radius 2 is 1.95 bits per heavy atom. The summed E-state index contributed by atoms with van der Waals surface area (Å²) in [7, 11) is 1.16. The van der Waals surface area contributed by atoms with E-state index in [4.69, 9.17) is 4.74 Å². The molecule has 1 aromatic rings. The number of halogens is 2. The highest BCUT2D eigenvalue weighted by molar-refractivity contribution is 14.1. The first-order valence-corrected chi connectivity index (χ1v) is 7.24. The molecule has 1 atom stereocenters. The minimum Gasteiger partial charge on any atom is -0.467 e. The number of carbonyl (C=O) groups is 2. The van der Waals surface area contributed by atoms with Crippen molar-refractivity contribution in [3.8, 4) is 0 Å². The van der Waals surface area contributed by atoms with Crippen molar-refractivity contribution in [3.63, 3.8) is 0 Å². The van der Waals surface area contributed by atoms with E-state index in [1.807, 2.05) is 22.6 Å². The molecule has 5 nitrogen and oxygen atoms in total. The van der Waals surface area contributed by atoms with Crippen LogP contribution < -0.4 is 5.32 Å². The van der Waals surface area contributed by atoms with Crippen molar-refractivity contribution in [2.24, 2.45) is 0 Å². The van der Waals surface area contributed by atoms with Crippen LogP contribution in [0.4, 0.5) is 9.18 Å². The van der Waals surface area contributed by atoms with Crippen molar-refractivity contribution in [1.29, 1.82) is 0 Å². The number of hydrogen-bond acceptors (Lipinski definition) is 4.